The number of hydrogen-bond acceptors (Lipinski definition) is 3. The van der Waals surface area contributed by atoms with Crippen LogP contribution in [0.4, 0.5) is 0 Å². The fourth-order valence-electron chi connectivity index (χ4n) is 3.32. The largest absolute Gasteiger partial charge is 0.375 e. The maximum atomic E-state index is 12.5. The first kappa shape index (κ1) is 14.0. The summed E-state index contributed by atoms with van der Waals surface area (Å²) >= 11 is 0. The van der Waals surface area contributed by atoms with E-state index in [2.05, 4.69) is 0 Å². The van der Waals surface area contributed by atoms with Gasteiger partial charge in [-0.2, -0.15) is 0 Å². The number of carbonyl (C=O) groups excluding carboxylic acids is 1. The molecular formula is C15H27NO2. The van der Waals surface area contributed by atoms with Gasteiger partial charge < -0.3 is 10.5 Å². The molecule has 3 heteroatoms. The second-order valence-corrected chi connectivity index (χ2v) is 7.17. The van der Waals surface area contributed by atoms with Gasteiger partial charge in [-0.25, -0.2) is 0 Å². The monoisotopic (exact) mass is 253 g/mol. The van der Waals surface area contributed by atoms with Gasteiger partial charge in [0.2, 0.25) is 0 Å². The summed E-state index contributed by atoms with van der Waals surface area (Å²) < 4.78 is 5.98. The molecule has 1 spiro atoms. The van der Waals surface area contributed by atoms with Gasteiger partial charge in [0.05, 0.1) is 11.6 Å². The zero-order valence-corrected chi connectivity index (χ0v) is 12.0. The first-order chi connectivity index (χ1) is 8.34. The van der Waals surface area contributed by atoms with Crippen molar-refractivity contribution in [3.8, 4) is 0 Å². The van der Waals surface area contributed by atoms with Crippen LogP contribution in [-0.2, 0) is 9.53 Å². The zero-order chi connectivity index (χ0) is 13.4. The van der Waals surface area contributed by atoms with E-state index in [0.717, 1.165) is 32.3 Å². The third-order valence-corrected chi connectivity index (χ3v) is 4.65. The van der Waals surface area contributed by atoms with Gasteiger partial charge in [-0.1, -0.05) is 33.6 Å². The van der Waals surface area contributed by atoms with Crippen molar-refractivity contribution in [2.45, 2.75) is 70.9 Å². The maximum absolute atomic E-state index is 12.5. The molecule has 1 aliphatic heterocycles. The van der Waals surface area contributed by atoms with Crippen molar-refractivity contribution in [2.75, 3.05) is 6.61 Å². The Morgan fingerprint density at radius 3 is 2.50 bits per heavy atom. The van der Waals surface area contributed by atoms with Gasteiger partial charge >= 0.3 is 0 Å². The highest BCUT2D eigenvalue weighted by Crippen LogP contribution is 2.42. The summed E-state index contributed by atoms with van der Waals surface area (Å²) in [5.74, 6) is 0.364. The van der Waals surface area contributed by atoms with Gasteiger partial charge in [0.1, 0.15) is 0 Å². The molecule has 2 atom stereocenters. The number of nitrogens with two attached hydrogens (primary N) is 1. The Morgan fingerprint density at radius 1 is 1.33 bits per heavy atom. The van der Waals surface area contributed by atoms with Crippen LogP contribution in [-0.4, -0.2) is 24.0 Å². The van der Waals surface area contributed by atoms with E-state index in [1.807, 2.05) is 20.8 Å². The van der Waals surface area contributed by atoms with Gasteiger partial charge in [0, 0.05) is 12.5 Å². The summed E-state index contributed by atoms with van der Waals surface area (Å²) in [6.45, 7) is 6.86. The predicted octanol–water partition coefficient (Wildman–Crippen LogP) is 2.67. The average Bonchev–Trinajstić information content (AvgIpc) is 2.74. The van der Waals surface area contributed by atoms with E-state index >= 15 is 0 Å². The van der Waals surface area contributed by atoms with Gasteiger partial charge in [-0.3, -0.25) is 4.79 Å². The highest BCUT2D eigenvalue weighted by atomic mass is 16.5. The molecule has 2 N–H and O–H groups in total. The summed E-state index contributed by atoms with van der Waals surface area (Å²) in [6, 6.07) is -0.348. The van der Waals surface area contributed by atoms with Crippen LogP contribution in [0.5, 0.6) is 0 Å². The summed E-state index contributed by atoms with van der Waals surface area (Å²) in [6.07, 6.45) is 6.49. The first-order valence-corrected chi connectivity index (χ1v) is 7.27. The van der Waals surface area contributed by atoms with Crippen LogP contribution in [0.15, 0.2) is 0 Å². The molecule has 0 bridgehead atoms. The number of rotatable bonds is 2. The van der Waals surface area contributed by atoms with Gasteiger partial charge in [0.25, 0.3) is 0 Å². The smallest absolute Gasteiger partial charge is 0.153 e. The minimum absolute atomic E-state index is 0.0101. The quantitative estimate of drug-likeness (QED) is 0.823. The Kier molecular flexibility index (Phi) is 3.84. The summed E-state index contributed by atoms with van der Waals surface area (Å²) in [5, 5.41) is 0. The molecule has 0 radical (unpaired) electrons. The van der Waals surface area contributed by atoms with Crippen molar-refractivity contribution < 1.29 is 9.53 Å². The van der Waals surface area contributed by atoms with Crippen molar-refractivity contribution in [1.29, 1.82) is 0 Å². The molecule has 0 aromatic carbocycles. The van der Waals surface area contributed by atoms with E-state index in [1.54, 1.807) is 0 Å². The molecule has 1 saturated heterocycles. The van der Waals surface area contributed by atoms with Crippen LogP contribution < -0.4 is 5.73 Å². The molecule has 2 aliphatic rings. The average molecular weight is 253 g/mol. The molecule has 104 valence electrons. The highest BCUT2D eigenvalue weighted by molar-refractivity contribution is 5.87. The van der Waals surface area contributed by atoms with E-state index in [9.17, 15) is 4.79 Å². The minimum Gasteiger partial charge on any atom is -0.375 e. The van der Waals surface area contributed by atoms with Gasteiger partial charge in [-0.05, 0) is 31.1 Å². The van der Waals surface area contributed by atoms with Crippen molar-refractivity contribution in [2.24, 2.45) is 17.1 Å². The Morgan fingerprint density at radius 2 is 1.94 bits per heavy atom. The van der Waals surface area contributed by atoms with Crippen molar-refractivity contribution >= 4 is 5.78 Å². The molecule has 1 heterocycles. The zero-order valence-electron chi connectivity index (χ0n) is 12.0. The van der Waals surface area contributed by atoms with Crippen molar-refractivity contribution in [3.63, 3.8) is 0 Å². The second kappa shape index (κ2) is 4.93. The molecular weight excluding hydrogens is 226 g/mol. The Labute approximate surface area is 110 Å². The molecule has 18 heavy (non-hydrogen) atoms. The molecule has 2 unspecified atom stereocenters. The minimum atomic E-state index is -0.348. The molecule has 0 aromatic heterocycles. The lowest BCUT2D eigenvalue weighted by Gasteiger charge is -2.39. The Hall–Kier alpha value is -0.410. The molecule has 1 aliphatic carbocycles. The van der Waals surface area contributed by atoms with E-state index in [4.69, 9.17) is 10.5 Å². The topological polar surface area (TPSA) is 52.3 Å². The number of Topliss-reactive ketones (excluding diaryl/α,β-unsaturated/α-hetero) is 1. The van der Waals surface area contributed by atoms with Crippen LogP contribution in [0.25, 0.3) is 0 Å². The van der Waals surface area contributed by atoms with E-state index in [-0.39, 0.29) is 28.8 Å². The molecule has 0 aromatic rings. The van der Waals surface area contributed by atoms with E-state index in [0.29, 0.717) is 0 Å². The summed E-state index contributed by atoms with van der Waals surface area (Å²) in [5.41, 5.74) is 5.99. The second-order valence-electron chi connectivity index (χ2n) is 7.17. The molecule has 1 saturated carbocycles. The number of ketones is 1. The third kappa shape index (κ3) is 2.77. The number of carbonyl (C=O) groups is 1. The Bertz CT molecular complexity index is 313. The molecule has 2 fully saturated rings. The summed E-state index contributed by atoms with van der Waals surface area (Å²) in [7, 11) is 0. The van der Waals surface area contributed by atoms with Crippen molar-refractivity contribution in [1.82, 2.24) is 0 Å². The Balaban J connectivity index is 2.03. The van der Waals surface area contributed by atoms with Crippen LogP contribution in [0.3, 0.4) is 0 Å². The molecule has 0 amide bonds. The summed E-state index contributed by atoms with van der Waals surface area (Å²) in [4.78, 5) is 12.5. The van der Waals surface area contributed by atoms with E-state index in [1.165, 1.54) is 12.8 Å². The van der Waals surface area contributed by atoms with Crippen LogP contribution in [0.1, 0.15) is 59.3 Å². The molecule has 3 nitrogen and oxygen atoms in total. The van der Waals surface area contributed by atoms with Gasteiger partial charge in [0.15, 0.2) is 5.78 Å². The fraction of sp³-hybridized carbons (Fsp3) is 0.933. The highest BCUT2D eigenvalue weighted by Gasteiger charge is 2.43. The van der Waals surface area contributed by atoms with Crippen molar-refractivity contribution in [3.05, 3.63) is 0 Å². The number of ether oxygens (including phenoxy) is 1. The first-order valence-electron chi connectivity index (χ1n) is 7.27. The maximum Gasteiger partial charge on any atom is 0.153 e. The molecule has 2 rings (SSSR count). The predicted molar refractivity (Wildman–Crippen MR) is 72.3 cm³/mol. The third-order valence-electron chi connectivity index (χ3n) is 4.65. The lowest BCUT2D eigenvalue weighted by molar-refractivity contribution is -0.139. The van der Waals surface area contributed by atoms with Crippen LogP contribution in [0.2, 0.25) is 0 Å². The van der Waals surface area contributed by atoms with Gasteiger partial charge in [-0.15, -0.1) is 0 Å². The lowest BCUT2D eigenvalue weighted by Crippen LogP contribution is -2.49. The van der Waals surface area contributed by atoms with Crippen LogP contribution >= 0.6 is 0 Å². The van der Waals surface area contributed by atoms with Crippen LogP contribution in [0, 0.1) is 11.3 Å². The normalized spacial score (nSPS) is 29.4. The standard InChI is InChI=1S/C15H27NO2/c1-14(2,3)13(16)12(17)11-6-9-18-15(10-11)7-4-5-8-15/h11,13H,4-10,16H2,1-3H3. The number of hydrogen-bond donors (Lipinski definition) is 1. The SMILES string of the molecule is CC(C)(C)C(N)C(=O)C1CCOC2(CCCC2)C1. The van der Waals surface area contributed by atoms with E-state index < -0.39 is 0 Å². The lowest BCUT2D eigenvalue weighted by atomic mass is 9.75. The fourth-order valence-corrected chi connectivity index (χ4v) is 3.32.